The number of aromatic amines is 1. The molecule has 10 heteroatoms. The topological polar surface area (TPSA) is 149 Å². The second kappa shape index (κ2) is 17.1. The number of Topliss-reactive ketones (excluding diaryl/α,β-unsaturated/α-hetero) is 2. The second-order valence-corrected chi connectivity index (χ2v) is 23.5. The number of hydrogen-bond acceptors (Lipinski definition) is 8. The van der Waals surface area contributed by atoms with Crippen LogP contribution in [-0.2, 0) is 32.0 Å². The number of aryl methyl sites for hydroxylation is 1. The fourth-order valence-electron chi connectivity index (χ4n) is 15.9. The highest BCUT2D eigenvalue weighted by atomic mass is 16.6. The lowest BCUT2D eigenvalue weighted by Crippen LogP contribution is -2.69. The molecule has 0 bridgehead atoms. The highest BCUT2D eigenvalue weighted by Gasteiger charge is 2.73. The number of allylic oxidation sites excluding steroid dienone is 1. The predicted octanol–water partition coefficient (Wildman–Crippen LogP) is 8.61. The summed E-state index contributed by atoms with van der Waals surface area (Å²) < 4.78 is 14.0. The molecule has 356 valence electrons. The Labute approximate surface area is 387 Å². The quantitative estimate of drug-likeness (QED) is 0.0954. The average Bonchev–Trinajstić information content (AvgIpc) is 3.53. The number of nitrogens with one attached hydrogen (secondary N) is 2. The van der Waals surface area contributed by atoms with Crippen LogP contribution in [-0.4, -0.2) is 93.8 Å². The first-order valence-electron chi connectivity index (χ1n) is 25.3. The molecule has 5 fully saturated rings. The van der Waals surface area contributed by atoms with Crippen LogP contribution in [0.4, 0.5) is 0 Å². The van der Waals surface area contributed by atoms with Crippen LogP contribution in [0, 0.1) is 58.2 Å². The van der Waals surface area contributed by atoms with Crippen molar-refractivity contribution in [3.63, 3.8) is 0 Å². The van der Waals surface area contributed by atoms with Crippen LogP contribution in [0.15, 0.2) is 47.8 Å². The molecule has 1 aromatic carbocycles. The Balaban J connectivity index is 1.15. The number of carbonyl (C=O) groups is 2. The number of rotatable bonds is 15. The molecule has 0 radical (unpaired) electrons. The number of aliphatic hydroxyl groups is 3. The summed E-state index contributed by atoms with van der Waals surface area (Å²) in [7, 11) is 1.95. The molecule has 10 nitrogen and oxygen atoms in total. The maximum atomic E-state index is 15.0. The molecule has 2 aliphatic heterocycles. The lowest BCUT2D eigenvalue weighted by Gasteiger charge is -2.71. The monoisotopic (exact) mass is 894 g/mol. The summed E-state index contributed by atoms with van der Waals surface area (Å²) in [5.74, 6) is 0.0226. The van der Waals surface area contributed by atoms with E-state index >= 15 is 4.79 Å². The predicted molar refractivity (Wildman–Crippen MR) is 255 cm³/mol. The van der Waals surface area contributed by atoms with E-state index in [4.69, 9.17) is 9.47 Å². The van der Waals surface area contributed by atoms with Crippen LogP contribution in [0.5, 0.6) is 0 Å². The van der Waals surface area contributed by atoms with Gasteiger partial charge in [-0.05, 0) is 161 Å². The minimum atomic E-state index is -0.793. The summed E-state index contributed by atoms with van der Waals surface area (Å²) in [5.41, 5.74) is 6.86. The summed E-state index contributed by atoms with van der Waals surface area (Å²) in [4.78, 5) is 33.3. The lowest BCUT2D eigenvalue weighted by molar-refractivity contribution is -0.228. The summed E-state index contributed by atoms with van der Waals surface area (Å²) in [6.07, 6.45) is 10.5. The normalized spacial score (nSPS) is 36.7. The van der Waals surface area contributed by atoms with Crippen molar-refractivity contribution in [1.82, 2.24) is 14.9 Å². The summed E-state index contributed by atoms with van der Waals surface area (Å²) >= 11 is 0. The smallest absolute Gasteiger partial charge is 0.160 e. The van der Waals surface area contributed by atoms with Crippen LogP contribution >= 0.6 is 0 Å². The molecule has 12 atom stereocenters. The minimum Gasteiger partial charge on any atom is -0.396 e. The average molecular weight is 894 g/mol. The van der Waals surface area contributed by atoms with Gasteiger partial charge in [0.1, 0.15) is 11.9 Å². The van der Waals surface area contributed by atoms with Crippen molar-refractivity contribution >= 4 is 22.6 Å². The minimum absolute atomic E-state index is 0.0465. The van der Waals surface area contributed by atoms with Crippen molar-refractivity contribution in [1.29, 1.82) is 0 Å². The molecular formula is C55H79N3O7. The van der Waals surface area contributed by atoms with Gasteiger partial charge in [-0.1, -0.05) is 58.4 Å². The molecule has 4 heterocycles. The zero-order valence-electron chi connectivity index (χ0n) is 40.9. The Kier molecular flexibility index (Phi) is 12.4. The third-order valence-electron chi connectivity index (χ3n) is 19.0. The fourth-order valence-corrected chi connectivity index (χ4v) is 15.9. The summed E-state index contributed by atoms with van der Waals surface area (Å²) in [6, 6.07) is 9.19. The molecule has 0 spiro atoms. The van der Waals surface area contributed by atoms with Gasteiger partial charge in [0, 0.05) is 74.3 Å². The Hall–Kier alpha value is -3.12. The molecule has 2 aromatic heterocycles. The van der Waals surface area contributed by atoms with Gasteiger partial charge in [0.15, 0.2) is 5.78 Å². The number of nitrogens with zero attached hydrogens (tertiary/aromatic N) is 1. The third kappa shape index (κ3) is 7.67. The van der Waals surface area contributed by atoms with Gasteiger partial charge < -0.3 is 39.7 Å². The van der Waals surface area contributed by atoms with E-state index in [2.05, 4.69) is 86.9 Å². The number of aromatic nitrogens is 2. The maximum absolute atomic E-state index is 15.0. The van der Waals surface area contributed by atoms with Crippen LogP contribution in [0.3, 0.4) is 0 Å². The van der Waals surface area contributed by atoms with E-state index in [9.17, 15) is 20.1 Å². The highest BCUT2D eigenvalue weighted by Crippen LogP contribution is 2.76. The molecule has 3 aromatic rings. The van der Waals surface area contributed by atoms with Crippen LogP contribution < -0.4 is 5.32 Å². The van der Waals surface area contributed by atoms with E-state index in [1.54, 1.807) is 0 Å². The van der Waals surface area contributed by atoms with E-state index < -0.39 is 33.9 Å². The second-order valence-electron chi connectivity index (χ2n) is 23.5. The van der Waals surface area contributed by atoms with Crippen molar-refractivity contribution in [2.75, 3.05) is 33.4 Å². The van der Waals surface area contributed by atoms with Gasteiger partial charge in [-0.3, -0.25) is 9.59 Å². The first-order valence-corrected chi connectivity index (χ1v) is 25.3. The van der Waals surface area contributed by atoms with Crippen molar-refractivity contribution in [2.45, 2.75) is 162 Å². The van der Waals surface area contributed by atoms with Crippen molar-refractivity contribution < 1.29 is 34.4 Å². The highest BCUT2D eigenvalue weighted by molar-refractivity contribution is 6.01. The van der Waals surface area contributed by atoms with Gasteiger partial charge in [0.25, 0.3) is 0 Å². The number of aliphatic hydroxyl groups excluding tert-OH is 3. The van der Waals surface area contributed by atoms with Crippen LogP contribution in [0.2, 0.25) is 0 Å². The van der Waals surface area contributed by atoms with Crippen molar-refractivity contribution in [2.24, 2.45) is 51.2 Å². The van der Waals surface area contributed by atoms with Gasteiger partial charge in [-0.15, -0.1) is 0 Å². The molecule has 2 saturated heterocycles. The molecule has 65 heavy (non-hydrogen) atoms. The molecule has 5 N–H and O–H groups in total. The SMILES string of the molecule is CNCC[C@]1(C)C(=O)[C@H](CCCO)C[C@@]2(C)[C@H]3[C@H](O)[C@@H](Cn4cc(Cc5cc(C)cc(C6CCOCC6)c5)c5[nH]ccc54)C4=C([C@H](C)C[C@@H](O)[C@H]5OC5(C)C)C(=O)C[C@]4(C)[C@@]3(C)CC[C@H]21. The molecular weight excluding hydrogens is 815 g/mol. The van der Waals surface area contributed by atoms with Crippen molar-refractivity contribution in [3.8, 4) is 0 Å². The Morgan fingerprint density at radius 3 is 2.48 bits per heavy atom. The van der Waals surface area contributed by atoms with Crippen molar-refractivity contribution in [3.05, 3.63) is 70.1 Å². The standard InChI is InChI=1S/C55H79N3O7/c1-32-23-34(26-37(24-32)35-14-21-64-22-15-35)27-38-30-58(40-13-18-57-46(38)40)31-39-45-44(33(2)25-41(60)50-51(3,4)65-50)42(61)29-55(45,8)54(7)16-12-43-52(5,17-19-56-9)49(63)36(11-10-20-59)28-53(43,6)48(54)47(39)62/h13,18,23-24,26,30,33,35-36,39,41,43,47-48,50,56-57,59-60,62H,10-12,14-17,19-22,25,27-29,31H2,1-9H3/t33-,36-,39+,41-,43+,47-,48-,50-,52+,53-,54+,55+/m1/s1. The van der Waals surface area contributed by atoms with E-state index in [0.717, 1.165) is 80.5 Å². The Morgan fingerprint density at radius 2 is 1.78 bits per heavy atom. The number of H-pyrrole nitrogens is 1. The summed E-state index contributed by atoms with van der Waals surface area (Å²) in [6.45, 7) is 20.5. The molecule has 0 amide bonds. The Bertz CT molecular complexity index is 2320. The zero-order valence-corrected chi connectivity index (χ0v) is 40.9. The van der Waals surface area contributed by atoms with Gasteiger partial charge in [0.2, 0.25) is 0 Å². The number of hydrogen-bond donors (Lipinski definition) is 5. The number of carbonyl (C=O) groups excluding carboxylic acids is 2. The van der Waals surface area contributed by atoms with E-state index in [1.807, 2.05) is 27.1 Å². The molecule has 6 aliphatic rings. The van der Waals surface area contributed by atoms with E-state index in [1.165, 1.54) is 22.3 Å². The molecule has 0 unspecified atom stereocenters. The molecule has 3 saturated carbocycles. The first-order chi connectivity index (χ1) is 30.8. The Morgan fingerprint density at radius 1 is 1.05 bits per heavy atom. The fraction of sp³-hybridized carbons (Fsp3) is 0.709. The maximum Gasteiger partial charge on any atom is 0.160 e. The van der Waals surface area contributed by atoms with Gasteiger partial charge in [-0.2, -0.15) is 0 Å². The first kappa shape index (κ1) is 47.0. The lowest BCUT2D eigenvalue weighted by atomic mass is 9.33. The number of epoxide rings is 1. The van der Waals surface area contributed by atoms with Crippen LogP contribution in [0.1, 0.15) is 141 Å². The number of benzene rings is 1. The number of ether oxygens (including phenoxy) is 2. The number of ketones is 2. The largest absolute Gasteiger partial charge is 0.396 e. The van der Waals surface area contributed by atoms with E-state index in [-0.39, 0.29) is 53.7 Å². The molecule has 9 rings (SSSR count). The van der Waals surface area contributed by atoms with E-state index in [0.29, 0.717) is 50.4 Å². The van der Waals surface area contributed by atoms with Gasteiger partial charge in [0.05, 0.1) is 28.8 Å². The molecule has 4 aliphatic carbocycles. The van der Waals surface area contributed by atoms with Gasteiger partial charge >= 0.3 is 0 Å². The van der Waals surface area contributed by atoms with Gasteiger partial charge in [-0.25, -0.2) is 0 Å². The zero-order chi connectivity index (χ0) is 46.4. The third-order valence-corrected chi connectivity index (χ3v) is 19.0. The van der Waals surface area contributed by atoms with Crippen LogP contribution in [0.25, 0.3) is 11.0 Å². The summed E-state index contributed by atoms with van der Waals surface area (Å²) in [5, 5.41) is 38.6. The number of fused-ring (bicyclic) bond motifs is 6.